The summed E-state index contributed by atoms with van der Waals surface area (Å²) in [6.07, 6.45) is 1.71. The third-order valence-corrected chi connectivity index (χ3v) is 6.63. The molecule has 26 heavy (non-hydrogen) atoms. The number of para-hydroxylation sites is 1. The number of fused-ring (bicyclic) bond motifs is 1. The molecule has 0 aliphatic rings. The van der Waals surface area contributed by atoms with Crippen LogP contribution in [-0.4, -0.2) is 12.4 Å². The molecule has 0 aliphatic carbocycles. The van der Waals surface area contributed by atoms with Gasteiger partial charge in [0.05, 0.1) is 10.4 Å². The number of hydrogen-bond donors (Lipinski definition) is 0. The van der Waals surface area contributed by atoms with Gasteiger partial charge in [-0.1, -0.05) is 64.0 Å². The summed E-state index contributed by atoms with van der Waals surface area (Å²) >= 11 is 3.44. The van der Waals surface area contributed by atoms with Crippen molar-refractivity contribution in [2.45, 2.75) is 11.8 Å². The monoisotopic (exact) mass is 425 g/mol. The zero-order chi connectivity index (χ0) is 18.3. The molecular weight excluding hydrogens is 410 g/mol. The Balaban J connectivity index is 1.96. The van der Waals surface area contributed by atoms with Crippen LogP contribution in [0.5, 0.6) is 0 Å². The highest BCUT2D eigenvalue weighted by molar-refractivity contribution is 9.10. The molecule has 0 radical (unpaired) electrons. The van der Waals surface area contributed by atoms with Gasteiger partial charge in [-0.15, -0.1) is 0 Å². The molecule has 0 fully saturated rings. The van der Waals surface area contributed by atoms with Crippen LogP contribution in [0.15, 0.2) is 88.4 Å². The number of hydrogen-bond acceptors (Lipinski definition) is 2. The minimum absolute atomic E-state index is 0.284. The van der Waals surface area contributed by atoms with Gasteiger partial charge >= 0.3 is 0 Å². The van der Waals surface area contributed by atoms with E-state index < -0.39 is 10.0 Å². The molecule has 0 aliphatic heterocycles. The predicted molar refractivity (Wildman–Crippen MR) is 109 cm³/mol. The van der Waals surface area contributed by atoms with Crippen molar-refractivity contribution in [1.82, 2.24) is 3.97 Å². The van der Waals surface area contributed by atoms with Gasteiger partial charge in [-0.25, -0.2) is 12.4 Å². The van der Waals surface area contributed by atoms with E-state index in [1.54, 1.807) is 18.3 Å². The quantitative estimate of drug-likeness (QED) is 0.427. The van der Waals surface area contributed by atoms with E-state index in [2.05, 4.69) is 15.9 Å². The molecule has 4 aromatic rings. The van der Waals surface area contributed by atoms with Crippen molar-refractivity contribution >= 4 is 36.9 Å². The molecule has 1 aromatic heterocycles. The van der Waals surface area contributed by atoms with Crippen molar-refractivity contribution in [2.75, 3.05) is 0 Å². The summed E-state index contributed by atoms with van der Waals surface area (Å²) in [5, 5.41) is 0.908. The molecule has 0 saturated carbocycles. The lowest BCUT2D eigenvalue weighted by Gasteiger charge is -2.07. The summed E-state index contributed by atoms with van der Waals surface area (Å²) in [6, 6.07) is 22.4. The van der Waals surface area contributed by atoms with E-state index in [4.69, 9.17) is 0 Å². The molecular formula is C21H16BrNO2S. The second kappa shape index (κ2) is 6.41. The van der Waals surface area contributed by atoms with Crippen molar-refractivity contribution in [1.29, 1.82) is 0 Å². The van der Waals surface area contributed by atoms with E-state index in [1.807, 2.05) is 67.6 Å². The molecule has 3 aromatic carbocycles. The van der Waals surface area contributed by atoms with Gasteiger partial charge in [0, 0.05) is 21.6 Å². The van der Waals surface area contributed by atoms with Crippen LogP contribution in [0, 0.1) is 6.92 Å². The minimum atomic E-state index is -3.67. The smallest absolute Gasteiger partial charge is 0.241 e. The summed E-state index contributed by atoms with van der Waals surface area (Å²) in [5.41, 5.74) is 3.56. The zero-order valence-corrected chi connectivity index (χ0v) is 16.5. The van der Waals surface area contributed by atoms with E-state index >= 15 is 0 Å². The van der Waals surface area contributed by atoms with Gasteiger partial charge in [-0.05, 0) is 42.8 Å². The zero-order valence-electron chi connectivity index (χ0n) is 14.1. The van der Waals surface area contributed by atoms with Crippen molar-refractivity contribution in [3.05, 3.63) is 89.0 Å². The maximum absolute atomic E-state index is 13.2. The Hall–Kier alpha value is -2.37. The molecule has 0 spiro atoms. The Morgan fingerprint density at radius 3 is 2.19 bits per heavy atom. The van der Waals surface area contributed by atoms with Crippen LogP contribution >= 0.6 is 15.9 Å². The van der Waals surface area contributed by atoms with Crippen LogP contribution in [0.4, 0.5) is 0 Å². The van der Waals surface area contributed by atoms with Crippen molar-refractivity contribution in [3.63, 3.8) is 0 Å². The van der Waals surface area contributed by atoms with Gasteiger partial charge in [0.1, 0.15) is 0 Å². The first kappa shape index (κ1) is 17.1. The summed E-state index contributed by atoms with van der Waals surface area (Å²) in [4.78, 5) is 0.284. The summed E-state index contributed by atoms with van der Waals surface area (Å²) < 4.78 is 28.8. The standard InChI is InChI=1S/C21H16BrNO2S/c1-15-6-12-18(13-7-15)26(24,25)23-14-20(16-8-10-17(22)11-9-16)19-4-2-3-5-21(19)23/h2-14H,1H3. The van der Waals surface area contributed by atoms with Crippen molar-refractivity contribution in [2.24, 2.45) is 0 Å². The molecule has 4 rings (SSSR count). The average Bonchev–Trinajstić information content (AvgIpc) is 3.03. The number of aryl methyl sites for hydroxylation is 1. The van der Waals surface area contributed by atoms with Gasteiger partial charge in [0.25, 0.3) is 10.0 Å². The van der Waals surface area contributed by atoms with Crippen LogP contribution in [0.3, 0.4) is 0 Å². The Kier molecular flexibility index (Phi) is 4.21. The summed E-state index contributed by atoms with van der Waals surface area (Å²) in [6.45, 7) is 1.94. The number of aromatic nitrogens is 1. The van der Waals surface area contributed by atoms with Gasteiger partial charge < -0.3 is 0 Å². The Morgan fingerprint density at radius 1 is 0.846 bits per heavy atom. The van der Waals surface area contributed by atoms with Crippen LogP contribution in [-0.2, 0) is 10.0 Å². The molecule has 0 atom stereocenters. The van der Waals surface area contributed by atoms with E-state index in [1.165, 1.54) is 3.97 Å². The van der Waals surface area contributed by atoms with Crippen molar-refractivity contribution < 1.29 is 8.42 Å². The van der Waals surface area contributed by atoms with Crippen LogP contribution in [0.2, 0.25) is 0 Å². The Bertz CT molecular complexity index is 1190. The maximum Gasteiger partial charge on any atom is 0.268 e. The Morgan fingerprint density at radius 2 is 1.50 bits per heavy atom. The third kappa shape index (κ3) is 2.87. The molecule has 130 valence electrons. The highest BCUT2D eigenvalue weighted by atomic mass is 79.9. The lowest BCUT2D eigenvalue weighted by Crippen LogP contribution is -2.11. The topological polar surface area (TPSA) is 39.1 Å². The normalized spacial score (nSPS) is 11.8. The van der Waals surface area contributed by atoms with E-state index in [9.17, 15) is 8.42 Å². The highest BCUT2D eigenvalue weighted by Crippen LogP contribution is 2.33. The average molecular weight is 426 g/mol. The molecule has 0 unspecified atom stereocenters. The molecule has 1 heterocycles. The second-order valence-corrected chi connectivity index (χ2v) is 8.91. The lowest BCUT2D eigenvalue weighted by molar-refractivity contribution is 0.589. The summed E-state index contributed by atoms with van der Waals surface area (Å²) in [7, 11) is -3.67. The number of halogens is 1. The van der Waals surface area contributed by atoms with Gasteiger partial charge in [-0.2, -0.15) is 0 Å². The van der Waals surface area contributed by atoms with Crippen LogP contribution in [0.1, 0.15) is 5.56 Å². The summed E-state index contributed by atoms with van der Waals surface area (Å²) in [5.74, 6) is 0. The Labute approximate surface area is 161 Å². The van der Waals surface area contributed by atoms with Gasteiger partial charge in [0.2, 0.25) is 0 Å². The first-order chi connectivity index (χ1) is 12.5. The molecule has 0 amide bonds. The van der Waals surface area contributed by atoms with E-state index in [-0.39, 0.29) is 4.90 Å². The van der Waals surface area contributed by atoms with E-state index in [0.29, 0.717) is 5.52 Å². The number of benzene rings is 3. The predicted octanol–water partition coefficient (Wildman–Crippen LogP) is 5.62. The lowest BCUT2D eigenvalue weighted by atomic mass is 10.1. The minimum Gasteiger partial charge on any atom is -0.241 e. The second-order valence-electron chi connectivity index (χ2n) is 6.18. The fourth-order valence-electron chi connectivity index (χ4n) is 3.03. The SMILES string of the molecule is Cc1ccc(S(=O)(=O)n2cc(-c3ccc(Br)cc3)c3ccccc32)cc1. The number of rotatable bonds is 3. The third-order valence-electron chi connectivity index (χ3n) is 4.41. The fraction of sp³-hybridized carbons (Fsp3) is 0.0476. The number of nitrogens with zero attached hydrogens (tertiary/aromatic N) is 1. The highest BCUT2D eigenvalue weighted by Gasteiger charge is 2.21. The van der Waals surface area contributed by atoms with Crippen LogP contribution < -0.4 is 0 Å². The first-order valence-electron chi connectivity index (χ1n) is 8.15. The van der Waals surface area contributed by atoms with Gasteiger partial charge in [0.15, 0.2) is 0 Å². The maximum atomic E-state index is 13.2. The molecule has 3 nitrogen and oxygen atoms in total. The first-order valence-corrected chi connectivity index (χ1v) is 10.4. The molecule has 5 heteroatoms. The largest absolute Gasteiger partial charge is 0.268 e. The van der Waals surface area contributed by atoms with Crippen molar-refractivity contribution in [3.8, 4) is 11.1 Å². The fourth-order valence-corrected chi connectivity index (χ4v) is 4.67. The van der Waals surface area contributed by atoms with E-state index in [0.717, 1.165) is 26.5 Å². The molecule has 0 bridgehead atoms. The van der Waals surface area contributed by atoms with Crippen LogP contribution in [0.25, 0.3) is 22.0 Å². The van der Waals surface area contributed by atoms with Gasteiger partial charge in [-0.3, -0.25) is 0 Å². The molecule has 0 saturated heterocycles. The molecule has 0 N–H and O–H groups in total.